The lowest BCUT2D eigenvalue weighted by Crippen LogP contribution is -2.04. The summed E-state index contributed by atoms with van der Waals surface area (Å²) in [5, 5.41) is 13.3. The molecule has 0 aliphatic rings. The van der Waals surface area contributed by atoms with Crippen molar-refractivity contribution in [1.29, 1.82) is 5.26 Å². The van der Waals surface area contributed by atoms with Crippen LogP contribution in [0.15, 0.2) is 42.7 Å². The quantitative estimate of drug-likeness (QED) is 0.755. The Morgan fingerprint density at radius 2 is 2.23 bits per heavy atom. The first-order valence-corrected chi connectivity index (χ1v) is 7.13. The summed E-state index contributed by atoms with van der Waals surface area (Å²) in [6.07, 6.45) is 3.45. The maximum absolute atomic E-state index is 8.99. The van der Waals surface area contributed by atoms with Gasteiger partial charge in [0.05, 0.1) is 5.56 Å². The molecule has 5 heteroatoms. The number of rotatable bonds is 5. The predicted molar refractivity (Wildman–Crippen MR) is 85.7 cm³/mol. The van der Waals surface area contributed by atoms with E-state index in [4.69, 9.17) is 10.00 Å². The summed E-state index contributed by atoms with van der Waals surface area (Å²) in [4.78, 5) is 7.39. The monoisotopic (exact) mass is 292 g/mol. The fraction of sp³-hybridized carbons (Fsp3) is 0.176. The van der Waals surface area contributed by atoms with Gasteiger partial charge in [-0.05, 0) is 36.1 Å². The number of ether oxygens (including phenoxy) is 1. The zero-order valence-corrected chi connectivity index (χ0v) is 12.3. The van der Waals surface area contributed by atoms with Gasteiger partial charge in [0.2, 0.25) is 0 Å². The highest BCUT2D eigenvalue weighted by molar-refractivity contribution is 5.79. The Morgan fingerprint density at radius 3 is 3.05 bits per heavy atom. The maximum atomic E-state index is 8.99. The van der Waals surface area contributed by atoms with Gasteiger partial charge in [0.15, 0.2) is 11.6 Å². The third kappa shape index (κ3) is 2.86. The Bertz CT molecular complexity index is 832. The minimum absolute atomic E-state index is 0.427. The van der Waals surface area contributed by atoms with Crippen molar-refractivity contribution in [2.45, 2.75) is 13.5 Å². The zero-order valence-electron chi connectivity index (χ0n) is 12.3. The molecule has 0 radical (unpaired) electrons. The van der Waals surface area contributed by atoms with Gasteiger partial charge in [-0.25, -0.2) is 4.98 Å². The average Bonchev–Trinajstić information content (AvgIpc) is 3.01. The van der Waals surface area contributed by atoms with Gasteiger partial charge in [-0.3, -0.25) is 0 Å². The summed E-state index contributed by atoms with van der Waals surface area (Å²) >= 11 is 0. The van der Waals surface area contributed by atoms with Gasteiger partial charge in [-0.1, -0.05) is 6.07 Å². The van der Waals surface area contributed by atoms with Gasteiger partial charge in [0, 0.05) is 30.5 Å². The van der Waals surface area contributed by atoms with E-state index in [1.165, 1.54) is 6.20 Å². The van der Waals surface area contributed by atoms with Crippen LogP contribution < -0.4 is 10.1 Å². The molecule has 110 valence electrons. The number of nitrogens with zero attached hydrogens (tertiary/aromatic N) is 2. The summed E-state index contributed by atoms with van der Waals surface area (Å²) in [5.74, 6) is 1.25. The summed E-state index contributed by atoms with van der Waals surface area (Å²) in [7, 11) is 0. The van der Waals surface area contributed by atoms with E-state index in [0.29, 0.717) is 23.7 Å². The van der Waals surface area contributed by atoms with Crippen LogP contribution in [0.4, 0.5) is 5.82 Å². The van der Waals surface area contributed by atoms with E-state index in [0.717, 1.165) is 23.0 Å². The Kier molecular flexibility index (Phi) is 3.92. The van der Waals surface area contributed by atoms with Gasteiger partial charge in [0.25, 0.3) is 0 Å². The van der Waals surface area contributed by atoms with E-state index in [1.807, 2.05) is 31.3 Å². The third-order valence-electron chi connectivity index (χ3n) is 3.34. The van der Waals surface area contributed by atoms with E-state index >= 15 is 0 Å². The van der Waals surface area contributed by atoms with E-state index in [9.17, 15) is 0 Å². The largest absolute Gasteiger partial charge is 0.485 e. The molecule has 2 heterocycles. The number of anilines is 1. The summed E-state index contributed by atoms with van der Waals surface area (Å²) < 4.78 is 5.86. The normalized spacial score (nSPS) is 10.4. The second-order valence-electron chi connectivity index (χ2n) is 4.90. The highest BCUT2D eigenvalue weighted by atomic mass is 16.5. The van der Waals surface area contributed by atoms with Gasteiger partial charge in [-0.2, -0.15) is 5.26 Å². The highest BCUT2D eigenvalue weighted by Gasteiger charge is 2.07. The molecule has 0 amide bonds. The van der Waals surface area contributed by atoms with Gasteiger partial charge < -0.3 is 15.0 Å². The molecule has 0 spiro atoms. The first-order chi connectivity index (χ1) is 10.8. The van der Waals surface area contributed by atoms with E-state index in [2.05, 4.69) is 27.4 Å². The lowest BCUT2D eigenvalue weighted by molar-refractivity contribution is 0.306. The Balaban J connectivity index is 1.81. The molecule has 1 aromatic carbocycles. The summed E-state index contributed by atoms with van der Waals surface area (Å²) in [5.41, 5.74) is 2.65. The molecule has 0 fully saturated rings. The van der Waals surface area contributed by atoms with Crippen LogP contribution in [0.3, 0.4) is 0 Å². The molecular formula is C17H16N4O. The first-order valence-electron chi connectivity index (χ1n) is 7.13. The SMILES string of the molecule is CCNc1ncc(C#N)cc1OCc1ccc2[nH]ccc2c1. The van der Waals surface area contributed by atoms with Gasteiger partial charge in [0.1, 0.15) is 12.7 Å². The summed E-state index contributed by atoms with van der Waals surface area (Å²) in [6, 6.07) is 12.0. The number of H-pyrrole nitrogens is 1. The molecule has 22 heavy (non-hydrogen) atoms. The van der Waals surface area contributed by atoms with E-state index in [1.54, 1.807) is 6.07 Å². The molecule has 3 aromatic rings. The number of aromatic amines is 1. The third-order valence-corrected chi connectivity index (χ3v) is 3.34. The molecule has 0 aliphatic heterocycles. The zero-order chi connectivity index (χ0) is 15.4. The lowest BCUT2D eigenvalue weighted by Gasteiger charge is -2.11. The topological polar surface area (TPSA) is 73.7 Å². The minimum Gasteiger partial charge on any atom is -0.485 e. The van der Waals surface area contributed by atoms with Crippen LogP contribution in [-0.2, 0) is 6.61 Å². The number of hydrogen-bond donors (Lipinski definition) is 2. The van der Waals surface area contributed by atoms with Crippen LogP contribution in [0.2, 0.25) is 0 Å². The molecular weight excluding hydrogens is 276 g/mol. The molecule has 0 saturated carbocycles. The number of pyridine rings is 1. The molecule has 2 N–H and O–H groups in total. The van der Waals surface area contributed by atoms with Gasteiger partial charge in [-0.15, -0.1) is 0 Å². The van der Waals surface area contributed by atoms with Crippen molar-refractivity contribution in [3.05, 3.63) is 53.9 Å². The molecule has 5 nitrogen and oxygen atoms in total. The Labute approximate surface area is 128 Å². The average molecular weight is 292 g/mol. The van der Waals surface area contributed by atoms with Crippen LogP contribution in [-0.4, -0.2) is 16.5 Å². The number of nitrogens with one attached hydrogen (secondary N) is 2. The van der Waals surface area contributed by atoms with Crippen molar-refractivity contribution >= 4 is 16.7 Å². The number of nitriles is 1. The number of fused-ring (bicyclic) bond motifs is 1. The van der Waals surface area contributed by atoms with Crippen molar-refractivity contribution in [2.75, 3.05) is 11.9 Å². The van der Waals surface area contributed by atoms with Crippen molar-refractivity contribution in [3.8, 4) is 11.8 Å². The molecule has 0 unspecified atom stereocenters. The molecule has 0 atom stereocenters. The van der Waals surface area contributed by atoms with Crippen LogP contribution in [0.25, 0.3) is 10.9 Å². The number of hydrogen-bond acceptors (Lipinski definition) is 4. The minimum atomic E-state index is 0.427. The highest BCUT2D eigenvalue weighted by Crippen LogP contribution is 2.24. The summed E-state index contributed by atoms with van der Waals surface area (Å²) in [6.45, 7) is 3.16. The molecule has 3 rings (SSSR count). The lowest BCUT2D eigenvalue weighted by atomic mass is 10.2. The van der Waals surface area contributed by atoms with Crippen LogP contribution in [0.5, 0.6) is 5.75 Å². The Morgan fingerprint density at radius 1 is 1.32 bits per heavy atom. The fourth-order valence-corrected chi connectivity index (χ4v) is 2.27. The van der Waals surface area contributed by atoms with E-state index < -0.39 is 0 Å². The molecule has 2 aromatic heterocycles. The van der Waals surface area contributed by atoms with Crippen molar-refractivity contribution in [2.24, 2.45) is 0 Å². The smallest absolute Gasteiger partial charge is 0.168 e. The Hall–Kier alpha value is -3.00. The first kappa shape index (κ1) is 14.0. The van der Waals surface area contributed by atoms with Crippen LogP contribution in [0.1, 0.15) is 18.1 Å². The number of aromatic nitrogens is 2. The predicted octanol–water partition coefficient (Wildman–Crippen LogP) is 3.45. The second-order valence-corrected chi connectivity index (χ2v) is 4.90. The number of benzene rings is 1. The fourth-order valence-electron chi connectivity index (χ4n) is 2.27. The molecule has 0 saturated heterocycles. The van der Waals surface area contributed by atoms with Gasteiger partial charge >= 0.3 is 0 Å². The van der Waals surface area contributed by atoms with Crippen LogP contribution >= 0.6 is 0 Å². The second kappa shape index (κ2) is 6.19. The van der Waals surface area contributed by atoms with Crippen LogP contribution in [0, 0.1) is 11.3 Å². The standard InChI is InChI=1S/C17H16N4O/c1-2-19-17-16(8-13(9-18)10-21-17)22-11-12-3-4-15-14(7-12)5-6-20-15/h3-8,10,20H,2,11H2,1H3,(H,19,21). The molecule has 0 bridgehead atoms. The van der Waals surface area contributed by atoms with E-state index in [-0.39, 0.29) is 0 Å². The maximum Gasteiger partial charge on any atom is 0.168 e. The van der Waals surface area contributed by atoms with Crippen molar-refractivity contribution < 1.29 is 4.74 Å². The molecule has 0 aliphatic carbocycles. The van der Waals surface area contributed by atoms with Crippen molar-refractivity contribution in [1.82, 2.24) is 9.97 Å². The van der Waals surface area contributed by atoms with Crippen molar-refractivity contribution in [3.63, 3.8) is 0 Å².